The summed E-state index contributed by atoms with van der Waals surface area (Å²) in [5.74, 6) is -1.79. The molecule has 0 saturated carbocycles. The Balaban J connectivity index is 2.02. The van der Waals surface area contributed by atoms with Gasteiger partial charge in [0.2, 0.25) is 5.90 Å². The minimum Gasteiger partial charge on any atom is -0.490 e. The number of rotatable bonds is 6. The number of alkyl halides is 2. The molecule has 0 saturated heterocycles. The van der Waals surface area contributed by atoms with E-state index in [0.29, 0.717) is 0 Å². The number of ether oxygens (including phenoxy) is 3. The summed E-state index contributed by atoms with van der Waals surface area (Å²) >= 11 is 0. The van der Waals surface area contributed by atoms with Crippen molar-refractivity contribution in [3.05, 3.63) is 65.1 Å². The van der Waals surface area contributed by atoms with Gasteiger partial charge in [-0.1, -0.05) is 24.3 Å². The second-order valence-electron chi connectivity index (χ2n) is 5.30. The first kappa shape index (κ1) is 18.5. The van der Waals surface area contributed by atoms with Crippen molar-refractivity contribution < 1.29 is 32.2 Å². The molecule has 0 aliphatic carbocycles. The van der Waals surface area contributed by atoms with Gasteiger partial charge in [-0.2, -0.15) is 8.78 Å². The fourth-order valence-corrected chi connectivity index (χ4v) is 2.44. The maximum Gasteiger partial charge on any atom is 0.387 e. The van der Waals surface area contributed by atoms with E-state index in [4.69, 9.17) is 9.47 Å². The number of hydrogen-bond acceptors (Lipinski definition) is 5. The Morgan fingerprint density at radius 3 is 2.67 bits per heavy atom. The molecule has 0 amide bonds. The minimum atomic E-state index is -3.09. The predicted molar refractivity (Wildman–Crippen MR) is 91.2 cm³/mol. The van der Waals surface area contributed by atoms with Crippen LogP contribution in [0.5, 0.6) is 11.5 Å². The van der Waals surface area contributed by atoms with E-state index >= 15 is 0 Å². The van der Waals surface area contributed by atoms with Crippen molar-refractivity contribution in [2.75, 3.05) is 6.61 Å². The molecule has 8 heteroatoms. The Morgan fingerprint density at radius 1 is 1.19 bits per heavy atom. The highest BCUT2D eigenvalue weighted by molar-refractivity contribution is 6.13. The first-order valence-corrected chi connectivity index (χ1v) is 7.97. The number of halogens is 3. The Kier molecular flexibility index (Phi) is 5.44. The second-order valence-corrected chi connectivity index (χ2v) is 5.30. The zero-order valence-electron chi connectivity index (χ0n) is 14.1. The van der Waals surface area contributed by atoms with E-state index in [1.807, 2.05) is 0 Å². The Bertz CT molecular complexity index is 925. The third-order valence-electron chi connectivity index (χ3n) is 3.53. The molecule has 140 valence electrons. The third-order valence-corrected chi connectivity index (χ3v) is 3.53. The number of benzene rings is 2. The number of aliphatic imine (C=N–C) groups is 1. The number of carbonyl (C=O) groups is 1. The average Bonchev–Trinajstić information content (AvgIpc) is 2.98. The summed E-state index contributed by atoms with van der Waals surface area (Å²) in [6.07, 6.45) is 1.22. The highest BCUT2D eigenvalue weighted by Crippen LogP contribution is 2.35. The molecule has 2 aromatic carbocycles. The van der Waals surface area contributed by atoms with Crippen LogP contribution in [0, 0.1) is 5.82 Å². The normalized spacial score (nSPS) is 15.1. The maximum atomic E-state index is 13.9. The number of para-hydroxylation sites is 1. The fraction of sp³-hybridized carbons (Fsp3) is 0.158. The van der Waals surface area contributed by atoms with Gasteiger partial charge < -0.3 is 14.2 Å². The molecule has 2 aromatic rings. The molecule has 3 rings (SSSR count). The molecule has 1 heterocycles. The molecule has 0 spiro atoms. The van der Waals surface area contributed by atoms with Crippen molar-refractivity contribution in [1.82, 2.24) is 0 Å². The Morgan fingerprint density at radius 2 is 1.96 bits per heavy atom. The third kappa shape index (κ3) is 4.11. The van der Waals surface area contributed by atoms with Crippen molar-refractivity contribution in [3.63, 3.8) is 0 Å². The van der Waals surface area contributed by atoms with Crippen LogP contribution in [-0.2, 0) is 9.53 Å². The van der Waals surface area contributed by atoms with Crippen LogP contribution in [0.1, 0.15) is 18.1 Å². The monoisotopic (exact) mass is 377 g/mol. The molecule has 0 N–H and O–H groups in total. The van der Waals surface area contributed by atoms with Crippen LogP contribution >= 0.6 is 0 Å². The summed E-state index contributed by atoms with van der Waals surface area (Å²) in [5.41, 5.74) is -0.0193. The molecular formula is C19H14F3NO4. The van der Waals surface area contributed by atoms with Crippen LogP contribution in [-0.4, -0.2) is 25.1 Å². The van der Waals surface area contributed by atoms with Crippen LogP contribution in [0.2, 0.25) is 0 Å². The lowest BCUT2D eigenvalue weighted by atomic mass is 10.1. The first-order valence-electron chi connectivity index (χ1n) is 7.97. The lowest BCUT2D eigenvalue weighted by molar-refractivity contribution is -0.129. The molecule has 0 unspecified atom stereocenters. The highest BCUT2D eigenvalue weighted by atomic mass is 19.3. The molecule has 0 bridgehead atoms. The van der Waals surface area contributed by atoms with Crippen LogP contribution in [0.4, 0.5) is 13.2 Å². The Labute approximate surface area is 152 Å². The maximum absolute atomic E-state index is 13.9. The minimum absolute atomic E-state index is 0.0152. The summed E-state index contributed by atoms with van der Waals surface area (Å²) < 4.78 is 54.2. The van der Waals surface area contributed by atoms with E-state index in [2.05, 4.69) is 9.73 Å². The molecule has 0 radical (unpaired) electrons. The van der Waals surface area contributed by atoms with Gasteiger partial charge in [-0.25, -0.2) is 14.2 Å². The van der Waals surface area contributed by atoms with Crippen LogP contribution in [0.15, 0.2) is 53.2 Å². The molecule has 0 fully saturated rings. The summed E-state index contributed by atoms with van der Waals surface area (Å²) in [7, 11) is 0. The van der Waals surface area contributed by atoms with Crippen molar-refractivity contribution >= 4 is 17.9 Å². The number of hydrogen-bond donors (Lipinski definition) is 0. The standard InChI is InChI=1S/C19H14F3NO4/c1-2-25-15-9-5-6-11(16(15)26-19(21)22)10-14-18(24)27-17(23-14)12-7-3-4-8-13(12)20/h3-10,19H,2H2,1H3/b14-10-. The second kappa shape index (κ2) is 7.94. The van der Waals surface area contributed by atoms with Gasteiger partial charge in [0.1, 0.15) is 5.82 Å². The van der Waals surface area contributed by atoms with Crippen molar-refractivity contribution in [2.45, 2.75) is 13.5 Å². The number of esters is 1. The number of cyclic esters (lactones) is 1. The molecule has 0 aromatic heterocycles. The largest absolute Gasteiger partial charge is 0.490 e. The van der Waals surface area contributed by atoms with E-state index in [1.54, 1.807) is 19.1 Å². The van der Waals surface area contributed by atoms with Gasteiger partial charge in [-0.05, 0) is 31.2 Å². The molecule has 0 atom stereocenters. The average molecular weight is 377 g/mol. The first-order chi connectivity index (χ1) is 13.0. The summed E-state index contributed by atoms with van der Waals surface area (Å²) in [5, 5.41) is 0. The van der Waals surface area contributed by atoms with E-state index in [1.165, 1.54) is 36.4 Å². The summed E-state index contributed by atoms with van der Waals surface area (Å²) in [6.45, 7) is -1.16. The van der Waals surface area contributed by atoms with Gasteiger partial charge in [0.05, 0.1) is 12.2 Å². The van der Waals surface area contributed by atoms with E-state index in [9.17, 15) is 18.0 Å². The predicted octanol–water partition coefficient (Wildman–Crippen LogP) is 4.17. The molecular weight excluding hydrogens is 363 g/mol. The van der Waals surface area contributed by atoms with E-state index in [-0.39, 0.29) is 40.8 Å². The van der Waals surface area contributed by atoms with Crippen LogP contribution in [0.25, 0.3) is 6.08 Å². The van der Waals surface area contributed by atoms with Gasteiger partial charge in [0.25, 0.3) is 0 Å². The van der Waals surface area contributed by atoms with Gasteiger partial charge in [0.15, 0.2) is 17.2 Å². The smallest absolute Gasteiger partial charge is 0.387 e. The summed E-state index contributed by atoms with van der Waals surface area (Å²) in [4.78, 5) is 16.0. The van der Waals surface area contributed by atoms with E-state index < -0.39 is 18.4 Å². The summed E-state index contributed by atoms with van der Waals surface area (Å²) in [6, 6.07) is 10.1. The highest BCUT2D eigenvalue weighted by Gasteiger charge is 2.27. The van der Waals surface area contributed by atoms with Gasteiger partial charge in [0, 0.05) is 5.56 Å². The lowest BCUT2D eigenvalue weighted by Crippen LogP contribution is -2.07. The van der Waals surface area contributed by atoms with Crippen LogP contribution < -0.4 is 9.47 Å². The number of carbonyl (C=O) groups excluding carboxylic acids is 1. The fourth-order valence-electron chi connectivity index (χ4n) is 2.44. The quantitative estimate of drug-likeness (QED) is 0.560. The lowest BCUT2D eigenvalue weighted by Gasteiger charge is -2.13. The SMILES string of the molecule is CCOc1cccc(/C=C2\N=C(c3ccccc3F)OC2=O)c1OC(F)F. The van der Waals surface area contributed by atoms with Gasteiger partial charge >= 0.3 is 12.6 Å². The molecule has 1 aliphatic heterocycles. The number of nitrogens with zero attached hydrogens (tertiary/aromatic N) is 1. The van der Waals surface area contributed by atoms with Gasteiger partial charge in [-0.15, -0.1) is 0 Å². The van der Waals surface area contributed by atoms with Gasteiger partial charge in [-0.3, -0.25) is 0 Å². The molecule has 1 aliphatic rings. The topological polar surface area (TPSA) is 57.1 Å². The van der Waals surface area contributed by atoms with Crippen molar-refractivity contribution in [3.8, 4) is 11.5 Å². The molecule has 27 heavy (non-hydrogen) atoms. The zero-order chi connectivity index (χ0) is 19.4. The van der Waals surface area contributed by atoms with Crippen molar-refractivity contribution in [1.29, 1.82) is 0 Å². The zero-order valence-corrected chi connectivity index (χ0v) is 14.1. The Hall–Kier alpha value is -3.29. The van der Waals surface area contributed by atoms with E-state index in [0.717, 1.165) is 0 Å². The van der Waals surface area contributed by atoms with Crippen LogP contribution in [0.3, 0.4) is 0 Å². The van der Waals surface area contributed by atoms with Crippen molar-refractivity contribution in [2.24, 2.45) is 4.99 Å². The molecule has 5 nitrogen and oxygen atoms in total.